The van der Waals surface area contributed by atoms with Gasteiger partial charge in [-0.1, -0.05) is 30.3 Å². The zero-order valence-electron chi connectivity index (χ0n) is 15.3. The second kappa shape index (κ2) is 7.36. The maximum Gasteiger partial charge on any atom is 0.136 e. The van der Waals surface area contributed by atoms with Crippen molar-refractivity contribution in [2.45, 2.75) is 13.0 Å². The summed E-state index contributed by atoms with van der Waals surface area (Å²) in [6.45, 7) is 2.39. The molecule has 0 radical (unpaired) electrons. The number of nitrogens with zero attached hydrogens (tertiary/aromatic N) is 1. The first kappa shape index (κ1) is 16.9. The Morgan fingerprint density at radius 2 is 1.62 bits per heavy atom. The summed E-state index contributed by atoms with van der Waals surface area (Å²) in [5.41, 5.74) is 5.53. The van der Waals surface area contributed by atoms with Crippen LogP contribution in [-0.4, -0.2) is 37.1 Å². The second-order valence-corrected chi connectivity index (χ2v) is 6.89. The van der Waals surface area contributed by atoms with Gasteiger partial charge in [0.15, 0.2) is 0 Å². The molecule has 2 aromatic carbocycles. The van der Waals surface area contributed by atoms with Crippen LogP contribution in [0, 0.1) is 0 Å². The molecule has 0 amide bonds. The molecule has 4 heteroatoms. The number of benzene rings is 2. The molecule has 26 heavy (non-hydrogen) atoms. The fraction of sp³-hybridized carbons (Fsp3) is 0.273. The maximum atomic E-state index is 6.16. The summed E-state index contributed by atoms with van der Waals surface area (Å²) in [5.74, 6) is 1.76. The van der Waals surface area contributed by atoms with Crippen molar-refractivity contribution in [2.75, 3.05) is 27.2 Å². The number of hydrogen-bond acceptors (Lipinski definition) is 3. The number of nitrogens with one attached hydrogen (secondary N) is 1. The van der Waals surface area contributed by atoms with E-state index in [1.54, 1.807) is 0 Å². The van der Waals surface area contributed by atoms with Crippen molar-refractivity contribution >= 4 is 0 Å². The van der Waals surface area contributed by atoms with E-state index in [4.69, 9.17) is 9.47 Å². The van der Waals surface area contributed by atoms with Gasteiger partial charge in [0.1, 0.15) is 11.5 Å². The summed E-state index contributed by atoms with van der Waals surface area (Å²) in [6, 6.07) is 18.5. The van der Waals surface area contributed by atoms with Crippen LogP contribution < -0.4 is 4.74 Å². The minimum absolute atomic E-state index is 0.589. The third kappa shape index (κ3) is 3.39. The molecule has 1 aromatic heterocycles. The summed E-state index contributed by atoms with van der Waals surface area (Å²) < 4.78 is 12.0. The van der Waals surface area contributed by atoms with Crippen LogP contribution in [-0.2, 0) is 11.3 Å². The predicted molar refractivity (Wildman–Crippen MR) is 105 cm³/mol. The molecule has 0 saturated heterocycles. The zero-order chi connectivity index (χ0) is 17.9. The van der Waals surface area contributed by atoms with Crippen molar-refractivity contribution in [2.24, 2.45) is 0 Å². The highest BCUT2D eigenvalue weighted by Gasteiger charge is 2.22. The molecule has 0 saturated carbocycles. The molecule has 3 aromatic rings. The number of aromatic nitrogens is 1. The van der Waals surface area contributed by atoms with E-state index < -0.39 is 0 Å². The summed E-state index contributed by atoms with van der Waals surface area (Å²) in [5, 5.41) is 0. The van der Waals surface area contributed by atoms with Crippen LogP contribution in [0.1, 0.15) is 12.1 Å². The summed E-state index contributed by atoms with van der Waals surface area (Å²) >= 11 is 0. The smallest absolute Gasteiger partial charge is 0.136 e. The van der Waals surface area contributed by atoms with Crippen molar-refractivity contribution in [3.8, 4) is 33.9 Å². The minimum atomic E-state index is 0.589. The van der Waals surface area contributed by atoms with Gasteiger partial charge in [0.25, 0.3) is 0 Å². The fourth-order valence-corrected chi connectivity index (χ4v) is 3.34. The highest BCUT2D eigenvalue weighted by Crippen LogP contribution is 2.46. The van der Waals surface area contributed by atoms with Crippen LogP contribution >= 0.6 is 0 Å². The first-order valence-corrected chi connectivity index (χ1v) is 9.03. The molecule has 1 aliphatic rings. The third-order valence-corrected chi connectivity index (χ3v) is 4.58. The number of rotatable bonds is 6. The van der Waals surface area contributed by atoms with E-state index in [-0.39, 0.29) is 0 Å². The van der Waals surface area contributed by atoms with Crippen molar-refractivity contribution in [1.82, 2.24) is 9.88 Å². The Morgan fingerprint density at radius 1 is 0.923 bits per heavy atom. The highest BCUT2D eigenvalue weighted by atomic mass is 16.5. The quantitative estimate of drug-likeness (QED) is 0.502. The molecule has 0 fully saturated rings. The average Bonchev–Trinajstić information content (AvgIpc) is 3.01. The van der Waals surface area contributed by atoms with Crippen molar-refractivity contribution in [1.29, 1.82) is 0 Å². The molecule has 4 rings (SSSR count). The van der Waals surface area contributed by atoms with Crippen molar-refractivity contribution < 1.29 is 9.47 Å². The molecule has 0 aliphatic carbocycles. The zero-order valence-corrected chi connectivity index (χ0v) is 15.3. The lowest BCUT2D eigenvalue weighted by atomic mass is 10.0. The van der Waals surface area contributed by atoms with Gasteiger partial charge in [-0.15, -0.1) is 0 Å². The number of fused-ring (bicyclic) bond motifs is 5. The number of ether oxygens (including phenoxy) is 2. The van der Waals surface area contributed by atoms with Gasteiger partial charge in [-0.05, 0) is 51.3 Å². The number of para-hydroxylation sites is 2. The average molecular weight is 348 g/mol. The van der Waals surface area contributed by atoms with Gasteiger partial charge in [0.2, 0.25) is 0 Å². The lowest BCUT2D eigenvalue weighted by Crippen LogP contribution is -2.14. The van der Waals surface area contributed by atoms with Gasteiger partial charge in [-0.2, -0.15) is 0 Å². The summed E-state index contributed by atoms with van der Waals surface area (Å²) in [4.78, 5) is 5.73. The largest absolute Gasteiger partial charge is 0.456 e. The molecule has 1 aliphatic heterocycles. The SMILES string of the molecule is CN(C)CCCOCc1cc2c([nH]1)-c1ccccc1Oc1ccccc1-2. The van der Waals surface area contributed by atoms with E-state index in [2.05, 4.69) is 42.2 Å². The Morgan fingerprint density at radius 3 is 2.38 bits per heavy atom. The van der Waals surface area contributed by atoms with Crippen LogP contribution in [0.5, 0.6) is 11.5 Å². The van der Waals surface area contributed by atoms with Gasteiger partial charge in [-0.25, -0.2) is 0 Å². The van der Waals surface area contributed by atoms with E-state index in [1.807, 2.05) is 36.4 Å². The third-order valence-electron chi connectivity index (χ3n) is 4.58. The monoisotopic (exact) mass is 348 g/mol. The fourth-order valence-electron chi connectivity index (χ4n) is 3.34. The lowest BCUT2D eigenvalue weighted by Gasteiger charge is -2.09. The van der Waals surface area contributed by atoms with Gasteiger partial charge >= 0.3 is 0 Å². The van der Waals surface area contributed by atoms with Crippen molar-refractivity contribution in [3.05, 3.63) is 60.3 Å². The van der Waals surface area contributed by atoms with E-state index in [0.717, 1.165) is 59.1 Å². The van der Waals surface area contributed by atoms with Crippen LogP contribution in [0.2, 0.25) is 0 Å². The lowest BCUT2D eigenvalue weighted by molar-refractivity contribution is 0.111. The minimum Gasteiger partial charge on any atom is -0.456 e. The second-order valence-electron chi connectivity index (χ2n) is 6.89. The Kier molecular flexibility index (Phi) is 4.78. The predicted octanol–water partition coefficient (Wildman–Crippen LogP) is 4.92. The highest BCUT2D eigenvalue weighted by molar-refractivity contribution is 5.89. The van der Waals surface area contributed by atoms with Gasteiger partial charge in [0, 0.05) is 29.0 Å². The molecular formula is C22H24N2O2. The number of hydrogen-bond donors (Lipinski definition) is 1. The summed E-state index contributed by atoms with van der Waals surface area (Å²) in [7, 11) is 4.16. The topological polar surface area (TPSA) is 37.5 Å². The Hall–Kier alpha value is -2.56. The molecule has 0 spiro atoms. The Bertz CT molecular complexity index is 836. The molecule has 1 N–H and O–H groups in total. The van der Waals surface area contributed by atoms with E-state index >= 15 is 0 Å². The number of aromatic amines is 1. The number of H-pyrrole nitrogens is 1. The molecule has 134 valence electrons. The standard InChI is InChI=1S/C22H24N2O2/c1-24(2)12-7-13-25-15-16-14-19-17-8-3-5-10-20(17)26-21-11-6-4-9-18(21)22(19)23-16/h3-6,8-11,14,23H,7,12-13,15H2,1-2H3. The normalized spacial score (nSPS) is 12.1. The molecule has 0 bridgehead atoms. The van der Waals surface area contributed by atoms with Gasteiger partial charge in [-0.3, -0.25) is 0 Å². The van der Waals surface area contributed by atoms with Crippen LogP contribution in [0.25, 0.3) is 22.4 Å². The van der Waals surface area contributed by atoms with Gasteiger partial charge in [0.05, 0.1) is 12.3 Å². The van der Waals surface area contributed by atoms with Crippen molar-refractivity contribution in [3.63, 3.8) is 0 Å². The van der Waals surface area contributed by atoms with E-state index in [0.29, 0.717) is 6.61 Å². The molecule has 4 nitrogen and oxygen atoms in total. The first-order valence-electron chi connectivity index (χ1n) is 9.03. The van der Waals surface area contributed by atoms with Crippen LogP contribution in [0.3, 0.4) is 0 Å². The molecule has 0 unspecified atom stereocenters. The summed E-state index contributed by atoms with van der Waals surface area (Å²) in [6.07, 6.45) is 1.03. The Balaban J connectivity index is 1.62. The van der Waals surface area contributed by atoms with E-state index in [1.165, 1.54) is 0 Å². The Labute approximate surface area is 154 Å². The van der Waals surface area contributed by atoms with E-state index in [9.17, 15) is 0 Å². The molecule has 0 atom stereocenters. The molecular weight excluding hydrogens is 324 g/mol. The van der Waals surface area contributed by atoms with Crippen LogP contribution in [0.4, 0.5) is 0 Å². The first-order chi connectivity index (χ1) is 12.7. The van der Waals surface area contributed by atoms with Crippen LogP contribution in [0.15, 0.2) is 54.6 Å². The molecule has 2 heterocycles. The maximum absolute atomic E-state index is 6.16. The van der Waals surface area contributed by atoms with Gasteiger partial charge < -0.3 is 19.4 Å².